The lowest BCUT2D eigenvalue weighted by Gasteiger charge is -2.13. The third-order valence-electron chi connectivity index (χ3n) is 9.54. The van der Waals surface area contributed by atoms with Crippen molar-refractivity contribution in [1.29, 1.82) is 0 Å². The summed E-state index contributed by atoms with van der Waals surface area (Å²) in [6, 6.07) is 57.1. The Morgan fingerprint density at radius 3 is 1.94 bits per heavy atom. The maximum absolute atomic E-state index is 5.29. The first kappa shape index (κ1) is 29.4. The SMILES string of the molecule is c1ccc(-c2ccc(-c3nc(-c4cccc(-c5nc6ccccc6c6c5ccc5c7ccccc7sc56)c4)cc(-c4ccccn4)n3)cc2)cc1. The summed E-state index contributed by atoms with van der Waals surface area (Å²) in [4.78, 5) is 20.1. The van der Waals surface area contributed by atoms with Crippen molar-refractivity contribution in [2.45, 2.75) is 0 Å². The number of aromatic nitrogens is 4. The smallest absolute Gasteiger partial charge is 0.160 e. The molecule has 0 radical (unpaired) electrons. The highest BCUT2D eigenvalue weighted by Gasteiger charge is 2.17. The van der Waals surface area contributed by atoms with Crippen molar-refractivity contribution in [2.24, 2.45) is 0 Å². The second kappa shape index (κ2) is 12.1. The predicted molar refractivity (Wildman–Crippen MR) is 213 cm³/mol. The van der Waals surface area contributed by atoms with Crippen LogP contribution in [0.3, 0.4) is 0 Å². The number of hydrogen-bond acceptors (Lipinski definition) is 5. The molecule has 10 aromatic rings. The molecular formula is C46H28N4S. The molecule has 0 saturated heterocycles. The van der Waals surface area contributed by atoms with Crippen molar-refractivity contribution in [3.63, 3.8) is 0 Å². The Balaban J connectivity index is 1.14. The molecule has 0 aliphatic rings. The van der Waals surface area contributed by atoms with Crippen molar-refractivity contribution in [3.05, 3.63) is 170 Å². The van der Waals surface area contributed by atoms with Crippen molar-refractivity contribution in [1.82, 2.24) is 19.9 Å². The summed E-state index contributed by atoms with van der Waals surface area (Å²) in [6.07, 6.45) is 1.80. The maximum Gasteiger partial charge on any atom is 0.160 e. The van der Waals surface area contributed by atoms with E-state index < -0.39 is 0 Å². The molecule has 51 heavy (non-hydrogen) atoms. The Bertz CT molecular complexity index is 2900. The Morgan fingerprint density at radius 2 is 1.08 bits per heavy atom. The van der Waals surface area contributed by atoms with Gasteiger partial charge in [-0.25, -0.2) is 15.0 Å². The molecule has 0 aliphatic carbocycles. The van der Waals surface area contributed by atoms with Crippen molar-refractivity contribution < 1.29 is 0 Å². The van der Waals surface area contributed by atoms with Crippen molar-refractivity contribution >= 4 is 53.2 Å². The van der Waals surface area contributed by atoms with E-state index in [2.05, 4.69) is 138 Å². The zero-order valence-electron chi connectivity index (χ0n) is 27.4. The van der Waals surface area contributed by atoms with Gasteiger partial charge in [0.2, 0.25) is 0 Å². The summed E-state index contributed by atoms with van der Waals surface area (Å²) < 4.78 is 2.59. The van der Waals surface area contributed by atoms with Gasteiger partial charge in [-0.15, -0.1) is 11.3 Å². The molecular weight excluding hydrogens is 641 g/mol. The molecule has 0 spiro atoms. The fourth-order valence-corrected chi connectivity index (χ4v) is 8.34. The molecule has 6 aromatic carbocycles. The van der Waals surface area contributed by atoms with Gasteiger partial charge in [0.05, 0.1) is 28.3 Å². The van der Waals surface area contributed by atoms with E-state index in [1.165, 1.54) is 36.5 Å². The minimum atomic E-state index is 0.652. The molecule has 238 valence electrons. The number of nitrogens with zero attached hydrogens (tertiary/aromatic N) is 4. The molecule has 0 aliphatic heterocycles. The van der Waals surface area contributed by atoms with Crippen molar-refractivity contribution in [3.8, 4) is 56.4 Å². The monoisotopic (exact) mass is 668 g/mol. The third-order valence-corrected chi connectivity index (χ3v) is 10.7. The minimum absolute atomic E-state index is 0.652. The van der Waals surface area contributed by atoms with Gasteiger partial charge in [0.15, 0.2) is 5.82 Å². The average Bonchev–Trinajstić information content (AvgIpc) is 3.60. The van der Waals surface area contributed by atoms with E-state index in [4.69, 9.17) is 15.0 Å². The molecule has 4 heterocycles. The molecule has 0 amide bonds. The van der Waals surface area contributed by atoms with Crippen LogP contribution in [0.25, 0.3) is 98.3 Å². The van der Waals surface area contributed by atoms with Gasteiger partial charge in [-0.1, -0.05) is 127 Å². The van der Waals surface area contributed by atoms with Crippen LogP contribution in [0.2, 0.25) is 0 Å². The highest BCUT2D eigenvalue weighted by molar-refractivity contribution is 7.26. The molecule has 0 saturated carbocycles. The molecule has 0 unspecified atom stereocenters. The van der Waals surface area contributed by atoms with Crippen LogP contribution >= 0.6 is 11.3 Å². The first-order valence-corrected chi connectivity index (χ1v) is 17.8. The highest BCUT2D eigenvalue weighted by Crippen LogP contribution is 2.43. The standard InChI is InChI=1S/C46H28N4S/c1-2-11-29(12-3-1)30-20-22-31(23-21-30)46-49-40(28-41(50-46)39-18-8-9-26-47-39)32-13-10-14-33(27-32)44-37-25-24-35-34-15-5-7-19-42(34)51-45(35)43(37)36-16-4-6-17-38(36)48-44/h1-28H. The lowest BCUT2D eigenvalue weighted by Crippen LogP contribution is -1.97. The van der Waals surface area contributed by atoms with Crippen LogP contribution in [0, 0.1) is 0 Å². The van der Waals surface area contributed by atoms with Gasteiger partial charge in [0.1, 0.15) is 0 Å². The van der Waals surface area contributed by atoms with E-state index in [9.17, 15) is 0 Å². The largest absolute Gasteiger partial charge is 0.255 e. The minimum Gasteiger partial charge on any atom is -0.255 e. The van der Waals surface area contributed by atoms with E-state index in [0.29, 0.717) is 5.82 Å². The van der Waals surface area contributed by atoms with Gasteiger partial charge in [-0.05, 0) is 47.5 Å². The Morgan fingerprint density at radius 1 is 0.392 bits per heavy atom. The molecule has 4 nitrogen and oxygen atoms in total. The first-order valence-electron chi connectivity index (χ1n) is 17.0. The van der Waals surface area contributed by atoms with Crippen LogP contribution in [0.4, 0.5) is 0 Å². The Labute approximate surface area is 298 Å². The summed E-state index contributed by atoms with van der Waals surface area (Å²) in [5.74, 6) is 0.652. The van der Waals surface area contributed by atoms with Gasteiger partial charge in [-0.3, -0.25) is 4.98 Å². The van der Waals surface area contributed by atoms with Gasteiger partial charge in [-0.2, -0.15) is 0 Å². The van der Waals surface area contributed by atoms with Crippen LogP contribution in [0.1, 0.15) is 0 Å². The zero-order valence-corrected chi connectivity index (χ0v) is 28.2. The fourth-order valence-electron chi connectivity index (χ4n) is 7.07. The average molecular weight is 669 g/mol. The molecule has 0 N–H and O–H groups in total. The van der Waals surface area contributed by atoms with Gasteiger partial charge in [0.25, 0.3) is 0 Å². The number of pyridine rings is 2. The molecule has 4 aromatic heterocycles. The summed E-state index contributed by atoms with van der Waals surface area (Å²) in [5.41, 5.74) is 9.63. The lowest BCUT2D eigenvalue weighted by atomic mass is 9.96. The number of fused-ring (bicyclic) bond motifs is 7. The van der Waals surface area contributed by atoms with Crippen LogP contribution in [0.5, 0.6) is 0 Å². The van der Waals surface area contributed by atoms with Crippen LogP contribution in [-0.2, 0) is 0 Å². The first-order chi connectivity index (χ1) is 25.3. The van der Waals surface area contributed by atoms with E-state index in [1.807, 2.05) is 41.7 Å². The van der Waals surface area contributed by atoms with E-state index in [0.717, 1.165) is 55.9 Å². The fraction of sp³-hybridized carbons (Fsp3) is 0. The maximum atomic E-state index is 5.29. The van der Waals surface area contributed by atoms with E-state index in [-0.39, 0.29) is 0 Å². The number of hydrogen-bond donors (Lipinski definition) is 0. The normalized spacial score (nSPS) is 11.5. The molecule has 5 heteroatoms. The lowest BCUT2D eigenvalue weighted by molar-refractivity contribution is 1.16. The number of thiophene rings is 1. The number of benzene rings is 6. The molecule has 0 fully saturated rings. The van der Waals surface area contributed by atoms with Crippen LogP contribution < -0.4 is 0 Å². The number of rotatable bonds is 5. The molecule has 10 rings (SSSR count). The van der Waals surface area contributed by atoms with E-state index in [1.54, 1.807) is 6.20 Å². The van der Waals surface area contributed by atoms with Crippen LogP contribution in [0.15, 0.2) is 170 Å². The quantitative estimate of drug-likeness (QED) is 0.171. The second-order valence-electron chi connectivity index (χ2n) is 12.6. The highest BCUT2D eigenvalue weighted by atomic mass is 32.1. The zero-order chi connectivity index (χ0) is 33.7. The molecule has 0 bridgehead atoms. The second-order valence-corrected chi connectivity index (χ2v) is 13.7. The van der Waals surface area contributed by atoms with Gasteiger partial charge < -0.3 is 0 Å². The summed E-state index contributed by atoms with van der Waals surface area (Å²) in [7, 11) is 0. The Kier molecular flexibility index (Phi) is 6.96. The summed E-state index contributed by atoms with van der Waals surface area (Å²) in [6.45, 7) is 0. The van der Waals surface area contributed by atoms with Gasteiger partial charge >= 0.3 is 0 Å². The van der Waals surface area contributed by atoms with E-state index >= 15 is 0 Å². The van der Waals surface area contributed by atoms with Gasteiger partial charge in [0, 0.05) is 59.2 Å². The van der Waals surface area contributed by atoms with Crippen molar-refractivity contribution in [2.75, 3.05) is 0 Å². The van der Waals surface area contributed by atoms with Crippen LogP contribution in [-0.4, -0.2) is 19.9 Å². The topological polar surface area (TPSA) is 51.6 Å². The summed E-state index contributed by atoms with van der Waals surface area (Å²) in [5, 5.41) is 6.14. The predicted octanol–water partition coefficient (Wildman–Crippen LogP) is 12.3. The summed E-state index contributed by atoms with van der Waals surface area (Å²) >= 11 is 1.86. The number of para-hydroxylation sites is 1. The Hall–Kier alpha value is -6.56. The molecule has 0 atom stereocenters. The third kappa shape index (κ3) is 5.14.